The molecule has 3 rings (SSSR count). The predicted octanol–water partition coefficient (Wildman–Crippen LogP) is 2.91. The Hall–Kier alpha value is -2.54. The second kappa shape index (κ2) is 6.48. The zero-order valence-electron chi connectivity index (χ0n) is 11.5. The molecule has 7 heteroatoms. The Kier molecular flexibility index (Phi) is 4.24. The fraction of sp³-hybridized carbons (Fsp3) is 0.133. The van der Waals surface area contributed by atoms with Gasteiger partial charge >= 0.3 is 0 Å². The van der Waals surface area contributed by atoms with Gasteiger partial charge in [0, 0.05) is 18.5 Å². The van der Waals surface area contributed by atoms with Crippen LogP contribution >= 0.6 is 11.3 Å². The minimum atomic E-state index is -0.372. The van der Waals surface area contributed by atoms with Crippen LogP contribution in [-0.4, -0.2) is 22.6 Å². The van der Waals surface area contributed by atoms with Gasteiger partial charge < -0.3 is 9.73 Å². The lowest BCUT2D eigenvalue weighted by Crippen LogP contribution is -2.25. The number of hydrogen-bond donors (Lipinski definition) is 1. The fourth-order valence-electron chi connectivity index (χ4n) is 1.84. The van der Waals surface area contributed by atoms with Crippen LogP contribution in [0.25, 0.3) is 10.8 Å². The van der Waals surface area contributed by atoms with E-state index < -0.39 is 0 Å². The van der Waals surface area contributed by atoms with E-state index in [1.54, 1.807) is 0 Å². The SMILES string of the molecule is O=C(NCCc1nnc(-c2cccs2)o1)c1ccc(F)cc1. The highest BCUT2D eigenvalue weighted by Crippen LogP contribution is 2.22. The van der Waals surface area contributed by atoms with Gasteiger partial charge in [0.1, 0.15) is 5.82 Å². The van der Waals surface area contributed by atoms with E-state index in [1.807, 2.05) is 17.5 Å². The average molecular weight is 317 g/mol. The Bertz CT molecular complexity index is 753. The molecule has 5 nitrogen and oxygen atoms in total. The molecule has 2 aromatic heterocycles. The predicted molar refractivity (Wildman–Crippen MR) is 80.0 cm³/mol. The third-order valence-electron chi connectivity index (χ3n) is 2.93. The number of rotatable bonds is 5. The standard InChI is InChI=1S/C15H12FN3O2S/c16-11-5-3-10(4-6-11)14(20)17-8-7-13-18-19-15(21-13)12-2-1-9-22-12/h1-6,9H,7-8H2,(H,17,20). The van der Waals surface area contributed by atoms with E-state index in [2.05, 4.69) is 15.5 Å². The molecule has 0 aliphatic rings. The highest BCUT2D eigenvalue weighted by atomic mass is 32.1. The summed E-state index contributed by atoms with van der Waals surface area (Å²) in [5.41, 5.74) is 0.409. The van der Waals surface area contributed by atoms with Crippen molar-refractivity contribution in [2.75, 3.05) is 6.54 Å². The number of aromatic nitrogens is 2. The van der Waals surface area contributed by atoms with Gasteiger partial charge in [0.05, 0.1) is 4.88 Å². The number of amides is 1. The van der Waals surface area contributed by atoms with Gasteiger partial charge in [-0.15, -0.1) is 21.5 Å². The van der Waals surface area contributed by atoms with Crippen LogP contribution in [0.4, 0.5) is 4.39 Å². The van der Waals surface area contributed by atoms with E-state index in [0.29, 0.717) is 30.3 Å². The molecule has 0 saturated heterocycles. The molecule has 0 fully saturated rings. The van der Waals surface area contributed by atoms with Crippen molar-refractivity contribution >= 4 is 17.2 Å². The summed E-state index contributed by atoms with van der Waals surface area (Å²) in [6.07, 6.45) is 0.436. The summed E-state index contributed by atoms with van der Waals surface area (Å²) in [5, 5.41) is 12.6. The summed E-state index contributed by atoms with van der Waals surface area (Å²) in [4.78, 5) is 12.8. The Morgan fingerprint density at radius 2 is 2.05 bits per heavy atom. The van der Waals surface area contributed by atoms with Gasteiger partial charge in [-0.3, -0.25) is 4.79 Å². The summed E-state index contributed by atoms with van der Waals surface area (Å²) in [6.45, 7) is 0.363. The number of halogens is 1. The van der Waals surface area contributed by atoms with Crippen LogP contribution in [0.2, 0.25) is 0 Å². The Morgan fingerprint density at radius 1 is 1.23 bits per heavy atom. The van der Waals surface area contributed by atoms with Gasteiger partial charge in [0.25, 0.3) is 11.8 Å². The molecule has 3 aromatic rings. The fourth-order valence-corrected chi connectivity index (χ4v) is 2.48. The number of thiophene rings is 1. The van der Waals surface area contributed by atoms with Crippen molar-refractivity contribution in [1.82, 2.24) is 15.5 Å². The summed E-state index contributed by atoms with van der Waals surface area (Å²) in [6, 6.07) is 9.18. The molecule has 0 atom stereocenters. The van der Waals surface area contributed by atoms with E-state index in [1.165, 1.54) is 35.6 Å². The monoisotopic (exact) mass is 317 g/mol. The van der Waals surface area contributed by atoms with Crippen LogP contribution in [-0.2, 0) is 6.42 Å². The first-order chi connectivity index (χ1) is 10.7. The normalized spacial score (nSPS) is 10.6. The molecule has 0 saturated carbocycles. The third kappa shape index (κ3) is 3.37. The van der Waals surface area contributed by atoms with Gasteiger partial charge in [-0.05, 0) is 35.7 Å². The van der Waals surface area contributed by atoms with Crippen LogP contribution in [0.3, 0.4) is 0 Å². The van der Waals surface area contributed by atoms with Gasteiger partial charge in [-0.1, -0.05) is 6.07 Å². The van der Waals surface area contributed by atoms with Crippen LogP contribution in [0, 0.1) is 5.82 Å². The van der Waals surface area contributed by atoms with Crippen LogP contribution in [0.15, 0.2) is 46.2 Å². The zero-order valence-corrected chi connectivity index (χ0v) is 12.3. The van der Waals surface area contributed by atoms with Gasteiger partial charge in [-0.2, -0.15) is 0 Å². The molecule has 2 heterocycles. The van der Waals surface area contributed by atoms with Crippen molar-refractivity contribution in [3.63, 3.8) is 0 Å². The first-order valence-corrected chi connectivity index (χ1v) is 7.50. The Balaban J connectivity index is 1.53. The number of hydrogen-bond acceptors (Lipinski definition) is 5. The molecule has 1 amide bonds. The number of nitrogens with one attached hydrogen (secondary N) is 1. The molecular formula is C15H12FN3O2S. The topological polar surface area (TPSA) is 68.0 Å². The van der Waals surface area contributed by atoms with Gasteiger partial charge in [0.15, 0.2) is 0 Å². The largest absolute Gasteiger partial charge is 0.420 e. The molecule has 22 heavy (non-hydrogen) atoms. The van der Waals surface area contributed by atoms with Crippen molar-refractivity contribution in [2.45, 2.75) is 6.42 Å². The third-order valence-corrected chi connectivity index (χ3v) is 3.79. The molecule has 1 N–H and O–H groups in total. The molecule has 112 valence electrons. The molecule has 0 aliphatic heterocycles. The highest BCUT2D eigenvalue weighted by molar-refractivity contribution is 7.13. The van der Waals surface area contributed by atoms with E-state index >= 15 is 0 Å². The van der Waals surface area contributed by atoms with E-state index in [9.17, 15) is 9.18 Å². The first-order valence-electron chi connectivity index (χ1n) is 6.62. The van der Waals surface area contributed by atoms with Crippen LogP contribution in [0.5, 0.6) is 0 Å². The summed E-state index contributed by atoms with van der Waals surface area (Å²) in [7, 11) is 0. The lowest BCUT2D eigenvalue weighted by molar-refractivity contribution is 0.0953. The average Bonchev–Trinajstić information content (AvgIpc) is 3.19. The van der Waals surface area contributed by atoms with Crippen molar-refractivity contribution in [2.24, 2.45) is 0 Å². The number of carbonyl (C=O) groups is 1. The maximum atomic E-state index is 12.8. The van der Waals surface area contributed by atoms with E-state index in [4.69, 9.17) is 4.42 Å². The lowest BCUT2D eigenvalue weighted by atomic mass is 10.2. The molecule has 0 aliphatic carbocycles. The number of benzene rings is 1. The van der Waals surface area contributed by atoms with Crippen molar-refractivity contribution in [3.8, 4) is 10.8 Å². The highest BCUT2D eigenvalue weighted by Gasteiger charge is 2.10. The molecule has 0 unspecified atom stereocenters. The maximum absolute atomic E-state index is 12.8. The van der Waals surface area contributed by atoms with Gasteiger partial charge in [0.2, 0.25) is 5.89 Å². The molecule has 0 radical (unpaired) electrons. The second-order valence-corrected chi connectivity index (χ2v) is 5.44. The summed E-state index contributed by atoms with van der Waals surface area (Å²) >= 11 is 1.52. The molecule has 1 aromatic carbocycles. The van der Waals surface area contributed by atoms with E-state index in [0.717, 1.165) is 4.88 Å². The van der Waals surface area contributed by atoms with Gasteiger partial charge in [-0.25, -0.2) is 4.39 Å². The van der Waals surface area contributed by atoms with Crippen molar-refractivity contribution in [3.05, 3.63) is 59.0 Å². The molecule has 0 spiro atoms. The minimum absolute atomic E-state index is 0.266. The smallest absolute Gasteiger partial charge is 0.257 e. The zero-order chi connectivity index (χ0) is 15.4. The number of carbonyl (C=O) groups excluding carboxylic acids is 1. The summed E-state index contributed by atoms with van der Waals surface area (Å²) < 4.78 is 18.3. The summed E-state index contributed by atoms with van der Waals surface area (Å²) in [5.74, 6) is 0.305. The van der Waals surface area contributed by atoms with Crippen molar-refractivity contribution < 1.29 is 13.6 Å². The number of nitrogens with zero attached hydrogens (tertiary/aromatic N) is 2. The van der Waals surface area contributed by atoms with Crippen LogP contribution < -0.4 is 5.32 Å². The van der Waals surface area contributed by atoms with Crippen molar-refractivity contribution in [1.29, 1.82) is 0 Å². The maximum Gasteiger partial charge on any atom is 0.257 e. The minimum Gasteiger partial charge on any atom is -0.420 e. The van der Waals surface area contributed by atoms with E-state index in [-0.39, 0.29) is 11.7 Å². The lowest BCUT2D eigenvalue weighted by Gasteiger charge is -2.03. The first kappa shape index (κ1) is 14.4. The second-order valence-electron chi connectivity index (χ2n) is 4.49. The molecule has 0 bridgehead atoms. The quantitative estimate of drug-likeness (QED) is 0.785. The van der Waals surface area contributed by atoms with Crippen LogP contribution in [0.1, 0.15) is 16.2 Å². The Labute approximate surface area is 129 Å². The Morgan fingerprint density at radius 3 is 2.77 bits per heavy atom. The molecular weight excluding hydrogens is 305 g/mol.